The van der Waals surface area contributed by atoms with Gasteiger partial charge in [-0.1, -0.05) is 13.3 Å². The number of amides is 1. The fourth-order valence-electron chi connectivity index (χ4n) is 2.78. The molecule has 0 aromatic carbocycles. The lowest BCUT2D eigenvalue weighted by Gasteiger charge is -2.38. The molecule has 0 aromatic heterocycles. The molecular formula is C18H31NO4. The maximum atomic E-state index is 12.5. The molecule has 1 saturated heterocycles. The van der Waals surface area contributed by atoms with Gasteiger partial charge in [-0.3, -0.25) is 0 Å². The molecule has 1 heterocycles. The number of hydrogen-bond acceptors (Lipinski definition) is 4. The van der Waals surface area contributed by atoms with Crippen molar-refractivity contribution in [3.05, 3.63) is 11.6 Å². The third-order valence-corrected chi connectivity index (χ3v) is 3.88. The van der Waals surface area contributed by atoms with E-state index < -0.39 is 5.60 Å². The zero-order valence-electron chi connectivity index (χ0n) is 15.2. The maximum absolute atomic E-state index is 12.5. The second kappa shape index (κ2) is 8.94. The number of hydrogen-bond donors (Lipinski definition) is 0. The van der Waals surface area contributed by atoms with E-state index in [0.29, 0.717) is 6.54 Å². The van der Waals surface area contributed by atoms with Gasteiger partial charge in [0.1, 0.15) is 5.60 Å². The number of nitrogens with zero attached hydrogens (tertiary/aromatic N) is 1. The van der Waals surface area contributed by atoms with Crippen molar-refractivity contribution in [2.24, 2.45) is 0 Å². The van der Waals surface area contributed by atoms with Gasteiger partial charge in [0, 0.05) is 12.6 Å². The lowest BCUT2D eigenvalue weighted by atomic mass is 9.92. The lowest BCUT2D eigenvalue weighted by Crippen LogP contribution is -2.47. The van der Waals surface area contributed by atoms with Crippen LogP contribution in [0, 0.1) is 0 Å². The fourth-order valence-corrected chi connectivity index (χ4v) is 2.78. The van der Waals surface area contributed by atoms with Crippen LogP contribution in [0.2, 0.25) is 0 Å². The molecule has 0 saturated carbocycles. The van der Waals surface area contributed by atoms with Crippen LogP contribution in [0.15, 0.2) is 11.6 Å². The number of piperidine rings is 1. The van der Waals surface area contributed by atoms with Gasteiger partial charge in [-0.2, -0.15) is 0 Å². The molecule has 0 aromatic rings. The zero-order chi connectivity index (χ0) is 17.5. The summed E-state index contributed by atoms with van der Waals surface area (Å²) in [5.74, 6) is -0.356. The van der Waals surface area contributed by atoms with Crippen LogP contribution in [0.1, 0.15) is 66.2 Å². The minimum absolute atomic E-state index is 0.0655. The van der Waals surface area contributed by atoms with E-state index in [1.165, 1.54) is 7.11 Å². The van der Waals surface area contributed by atoms with Gasteiger partial charge in [0.25, 0.3) is 0 Å². The highest BCUT2D eigenvalue weighted by Crippen LogP contribution is 2.28. The van der Waals surface area contributed by atoms with Crippen molar-refractivity contribution >= 4 is 12.1 Å². The molecule has 5 heteroatoms. The number of likely N-dealkylation sites (tertiary alicyclic amines) is 1. The molecule has 0 radical (unpaired) electrons. The Morgan fingerprint density at radius 3 is 2.52 bits per heavy atom. The topological polar surface area (TPSA) is 55.8 Å². The Morgan fingerprint density at radius 2 is 1.96 bits per heavy atom. The first-order valence-electron chi connectivity index (χ1n) is 8.56. The third kappa shape index (κ3) is 6.63. The molecule has 1 aliphatic heterocycles. The van der Waals surface area contributed by atoms with Crippen molar-refractivity contribution in [1.82, 2.24) is 4.90 Å². The standard InChI is InChI=1S/C18H31NO4/c1-6-7-10-14(13-16(20)22-5)15-11-8-9-12-19(15)17(21)23-18(2,3)4/h13,15H,6-12H2,1-5H3/b14-13-. The first-order chi connectivity index (χ1) is 10.8. The van der Waals surface area contributed by atoms with Gasteiger partial charge in [0.2, 0.25) is 0 Å². The van der Waals surface area contributed by atoms with Gasteiger partial charge in [-0.25, -0.2) is 9.59 Å². The van der Waals surface area contributed by atoms with Crippen LogP contribution in [0.4, 0.5) is 4.79 Å². The van der Waals surface area contributed by atoms with E-state index in [9.17, 15) is 9.59 Å². The molecule has 0 N–H and O–H groups in total. The summed E-state index contributed by atoms with van der Waals surface area (Å²) in [6, 6.07) is -0.0655. The Hall–Kier alpha value is -1.52. The van der Waals surface area contributed by atoms with Crippen molar-refractivity contribution in [3.63, 3.8) is 0 Å². The molecular weight excluding hydrogens is 294 g/mol. The minimum Gasteiger partial charge on any atom is -0.466 e. The summed E-state index contributed by atoms with van der Waals surface area (Å²) in [6.45, 7) is 8.39. The van der Waals surface area contributed by atoms with Gasteiger partial charge < -0.3 is 14.4 Å². The van der Waals surface area contributed by atoms with Crippen molar-refractivity contribution in [1.29, 1.82) is 0 Å². The summed E-state index contributed by atoms with van der Waals surface area (Å²) >= 11 is 0. The highest BCUT2D eigenvalue weighted by atomic mass is 16.6. The van der Waals surface area contributed by atoms with Crippen LogP contribution in [-0.4, -0.2) is 42.3 Å². The van der Waals surface area contributed by atoms with Gasteiger partial charge in [0.15, 0.2) is 0 Å². The van der Waals surface area contributed by atoms with Crippen molar-refractivity contribution in [2.45, 2.75) is 77.9 Å². The average Bonchev–Trinajstić information content (AvgIpc) is 2.49. The largest absolute Gasteiger partial charge is 0.466 e. The SMILES string of the molecule is CCCC/C(=C/C(=O)OC)C1CCCCN1C(=O)OC(C)(C)C. The highest BCUT2D eigenvalue weighted by molar-refractivity contribution is 5.83. The molecule has 132 valence electrons. The predicted octanol–water partition coefficient (Wildman–Crippen LogP) is 4.07. The van der Waals surface area contributed by atoms with E-state index >= 15 is 0 Å². The summed E-state index contributed by atoms with van der Waals surface area (Å²) in [4.78, 5) is 26.0. The Balaban J connectivity index is 2.97. The van der Waals surface area contributed by atoms with Gasteiger partial charge >= 0.3 is 12.1 Å². The molecule has 0 spiro atoms. The van der Waals surface area contributed by atoms with Crippen LogP contribution < -0.4 is 0 Å². The summed E-state index contributed by atoms with van der Waals surface area (Å²) < 4.78 is 10.3. The number of rotatable bonds is 5. The number of carbonyl (C=O) groups is 2. The van der Waals surface area contributed by atoms with Crippen LogP contribution in [-0.2, 0) is 14.3 Å². The van der Waals surface area contributed by atoms with E-state index in [1.54, 1.807) is 11.0 Å². The number of unbranched alkanes of at least 4 members (excludes halogenated alkanes) is 1. The predicted molar refractivity (Wildman–Crippen MR) is 90.2 cm³/mol. The number of methoxy groups -OCH3 is 1. The minimum atomic E-state index is -0.519. The summed E-state index contributed by atoms with van der Waals surface area (Å²) in [6.07, 6.45) is 6.97. The van der Waals surface area contributed by atoms with E-state index in [0.717, 1.165) is 44.1 Å². The van der Waals surface area contributed by atoms with E-state index in [-0.39, 0.29) is 18.1 Å². The number of ether oxygens (including phenoxy) is 2. The normalized spacial score (nSPS) is 19.4. The van der Waals surface area contributed by atoms with Crippen molar-refractivity contribution in [2.75, 3.05) is 13.7 Å². The van der Waals surface area contributed by atoms with Crippen LogP contribution in [0.5, 0.6) is 0 Å². The fraction of sp³-hybridized carbons (Fsp3) is 0.778. The third-order valence-electron chi connectivity index (χ3n) is 3.88. The average molecular weight is 325 g/mol. The molecule has 0 bridgehead atoms. The van der Waals surface area contributed by atoms with Crippen molar-refractivity contribution in [3.8, 4) is 0 Å². The van der Waals surface area contributed by atoms with Gasteiger partial charge in [0.05, 0.1) is 13.2 Å². The Bertz CT molecular complexity index is 437. The molecule has 0 aliphatic carbocycles. The summed E-state index contributed by atoms with van der Waals surface area (Å²) in [5.41, 5.74) is 0.457. The Morgan fingerprint density at radius 1 is 1.26 bits per heavy atom. The first-order valence-corrected chi connectivity index (χ1v) is 8.56. The van der Waals surface area contributed by atoms with E-state index in [2.05, 4.69) is 6.92 Å². The first kappa shape index (κ1) is 19.5. The molecule has 1 unspecified atom stereocenters. The lowest BCUT2D eigenvalue weighted by molar-refractivity contribution is -0.135. The summed E-state index contributed by atoms with van der Waals surface area (Å²) in [5, 5.41) is 0. The second-order valence-corrected chi connectivity index (χ2v) is 7.03. The monoisotopic (exact) mass is 325 g/mol. The Labute approximate surface area is 140 Å². The molecule has 5 nitrogen and oxygen atoms in total. The van der Waals surface area contributed by atoms with Crippen LogP contribution >= 0.6 is 0 Å². The summed E-state index contributed by atoms with van der Waals surface area (Å²) in [7, 11) is 1.38. The second-order valence-electron chi connectivity index (χ2n) is 7.03. The highest BCUT2D eigenvalue weighted by Gasteiger charge is 2.32. The quantitative estimate of drug-likeness (QED) is 0.565. The van der Waals surface area contributed by atoms with Crippen LogP contribution in [0.25, 0.3) is 0 Å². The number of esters is 1. The molecule has 1 amide bonds. The van der Waals surface area contributed by atoms with Crippen molar-refractivity contribution < 1.29 is 19.1 Å². The molecule has 1 fully saturated rings. The molecule has 1 aliphatic rings. The van der Waals surface area contributed by atoms with Crippen LogP contribution in [0.3, 0.4) is 0 Å². The molecule has 23 heavy (non-hydrogen) atoms. The zero-order valence-corrected chi connectivity index (χ0v) is 15.2. The molecule has 1 rings (SSSR count). The van der Waals surface area contributed by atoms with Gasteiger partial charge in [-0.15, -0.1) is 0 Å². The Kier molecular flexibility index (Phi) is 7.59. The smallest absolute Gasteiger partial charge is 0.410 e. The van der Waals surface area contributed by atoms with E-state index in [4.69, 9.17) is 9.47 Å². The van der Waals surface area contributed by atoms with Gasteiger partial charge in [-0.05, 0) is 58.4 Å². The number of carbonyl (C=O) groups excluding carboxylic acids is 2. The van der Waals surface area contributed by atoms with E-state index in [1.807, 2.05) is 20.8 Å². The maximum Gasteiger partial charge on any atom is 0.410 e. The molecule has 1 atom stereocenters.